The minimum absolute atomic E-state index is 0.0149. The first-order chi connectivity index (χ1) is 13.6. The maximum atomic E-state index is 13.0. The van der Waals surface area contributed by atoms with Crippen molar-refractivity contribution in [3.8, 4) is 0 Å². The molecule has 2 fully saturated rings. The summed E-state index contributed by atoms with van der Waals surface area (Å²) >= 11 is 0. The lowest BCUT2D eigenvalue weighted by atomic mass is 9.88. The van der Waals surface area contributed by atoms with E-state index < -0.39 is 0 Å². The van der Waals surface area contributed by atoms with Crippen LogP contribution in [-0.2, 0) is 11.3 Å². The second kappa shape index (κ2) is 7.84. The molecule has 1 aromatic heterocycles. The van der Waals surface area contributed by atoms with Crippen molar-refractivity contribution in [2.75, 3.05) is 19.7 Å². The van der Waals surface area contributed by atoms with E-state index in [1.54, 1.807) is 0 Å². The van der Waals surface area contributed by atoms with E-state index in [0.717, 1.165) is 25.2 Å². The lowest BCUT2D eigenvalue weighted by molar-refractivity contribution is -0.127. The Labute approximate surface area is 166 Å². The molecule has 1 aromatic rings. The van der Waals surface area contributed by atoms with Gasteiger partial charge in [0.25, 0.3) is 5.56 Å². The van der Waals surface area contributed by atoms with Crippen molar-refractivity contribution in [2.24, 2.45) is 17.8 Å². The lowest BCUT2D eigenvalue weighted by Gasteiger charge is -2.30. The van der Waals surface area contributed by atoms with Crippen molar-refractivity contribution in [2.45, 2.75) is 51.7 Å². The molecule has 1 saturated heterocycles. The number of carbonyl (C=O) groups excluding carboxylic acids is 1. The van der Waals surface area contributed by atoms with E-state index >= 15 is 0 Å². The fraction of sp³-hybridized carbons (Fsp3) is 0.636. The van der Waals surface area contributed by atoms with Gasteiger partial charge in [-0.15, -0.1) is 0 Å². The zero-order valence-electron chi connectivity index (χ0n) is 16.8. The number of allylic oxidation sites excluding steroid dienone is 1. The fourth-order valence-electron chi connectivity index (χ4n) is 5.12. The monoisotopic (exact) mass is 385 g/mol. The molecule has 1 saturated carbocycles. The van der Waals surface area contributed by atoms with Crippen LogP contribution in [0.1, 0.15) is 50.4 Å². The topological polar surface area (TPSA) is 74.6 Å². The Balaban J connectivity index is 1.67. The number of hydrogen-bond acceptors (Lipinski definition) is 4. The highest BCUT2D eigenvalue weighted by Gasteiger charge is 2.55. The number of nitrogens with one attached hydrogen (secondary N) is 1. The number of amides is 1. The molecule has 3 aliphatic rings. The molecule has 0 radical (unpaired) electrons. The van der Waals surface area contributed by atoms with Crippen molar-refractivity contribution in [3.05, 3.63) is 39.8 Å². The van der Waals surface area contributed by atoms with E-state index in [1.165, 1.54) is 12.8 Å². The molecule has 3 heterocycles. The predicted octanol–water partition coefficient (Wildman–Crippen LogP) is 1.78. The SMILES string of the molecule is C/C=C\c1ccc2n(c1=O)C[C@H]1[C@H](CO)[C@@H](C(=O)NCC3CC3)N(CCC)[C@@H]21. The van der Waals surface area contributed by atoms with Crippen LogP contribution < -0.4 is 10.9 Å². The number of aromatic nitrogens is 1. The van der Waals surface area contributed by atoms with Crippen LogP contribution in [0, 0.1) is 17.8 Å². The molecule has 2 aliphatic heterocycles. The molecule has 1 amide bonds. The maximum absolute atomic E-state index is 13.0. The van der Waals surface area contributed by atoms with Crippen molar-refractivity contribution < 1.29 is 9.90 Å². The lowest BCUT2D eigenvalue weighted by Crippen LogP contribution is -2.49. The molecule has 0 unspecified atom stereocenters. The highest BCUT2D eigenvalue weighted by Crippen LogP contribution is 2.49. The summed E-state index contributed by atoms with van der Waals surface area (Å²) in [4.78, 5) is 28.2. The molecule has 6 heteroatoms. The second-order valence-corrected chi connectivity index (χ2v) is 8.46. The van der Waals surface area contributed by atoms with Crippen LogP contribution in [0.5, 0.6) is 0 Å². The maximum Gasteiger partial charge on any atom is 0.258 e. The van der Waals surface area contributed by atoms with E-state index in [4.69, 9.17) is 0 Å². The third-order valence-corrected chi connectivity index (χ3v) is 6.58. The molecule has 4 atom stereocenters. The third kappa shape index (κ3) is 3.22. The number of likely N-dealkylation sites (tertiary alicyclic amines) is 1. The van der Waals surface area contributed by atoms with E-state index in [2.05, 4.69) is 17.1 Å². The number of pyridine rings is 1. The molecule has 6 nitrogen and oxygen atoms in total. The summed E-state index contributed by atoms with van der Waals surface area (Å²) in [5.74, 6) is 0.594. The standard InChI is InChI=1S/C22H31N3O3/c1-3-5-15-8-9-18-19-16(12-25(18)22(15)28)17(13-26)20(24(19)10-4-2)21(27)23-11-14-6-7-14/h3,5,8-9,14,16-17,19-20,26H,4,6-7,10-13H2,1-2H3,(H,23,27)/b5-3-/t16-,17-,19+,20-/m0/s1. The highest BCUT2D eigenvalue weighted by atomic mass is 16.3. The van der Waals surface area contributed by atoms with E-state index in [-0.39, 0.29) is 42.0 Å². The largest absolute Gasteiger partial charge is 0.396 e. The normalized spacial score (nSPS) is 29.2. The summed E-state index contributed by atoms with van der Waals surface area (Å²) in [7, 11) is 0. The summed E-state index contributed by atoms with van der Waals surface area (Å²) in [6.07, 6.45) is 7.03. The van der Waals surface area contributed by atoms with Gasteiger partial charge in [-0.3, -0.25) is 14.5 Å². The van der Waals surface area contributed by atoms with Gasteiger partial charge in [-0.2, -0.15) is 0 Å². The fourth-order valence-corrected chi connectivity index (χ4v) is 5.12. The Morgan fingerprint density at radius 2 is 2.14 bits per heavy atom. The van der Waals surface area contributed by atoms with Gasteiger partial charge in [-0.25, -0.2) is 0 Å². The van der Waals surface area contributed by atoms with Gasteiger partial charge in [0.05, 0.1) is 12.1 Å². The predicted molar refractivity (Wildman–Crippen MR) is 109 cm³/mol. The minimum Gasteiger partial charge on any atom is -0.396 e. The molecule has 2 N–H and O–H groups in total. The quantitative estimate of drug-likeness (QED) is 0.750. The molecule has 152 valence electrons. The average Bonchev–Trinajstić information content (AvgIpc) is 3.36. The molecule has 0 spiro atoms. The van der Waals surface area contributed by atoms with Crippen LogP contribution in [0.4, 0.5) is 0 Å². The van der Waals surface area contributed by atoms with Crippen LogP contribution in [0.25, 0.3) is 6.08 Å². The van der Waals surface area contributed by atoms with Crippen molar-refractivity contribution in [1.82, 2.24) is 14.8 Å². The smallest absolute Gasteiger partial charge is 0.258 e. The summed E-state index contributed by atoms with van der Waals surface area (Å²) in [6, 6.07) is 3.61. The highest BCUT2D eigenvalue weighted by molar-refractivity contribution is 5.82. The van der Waals surface area contributed by atoms with Gasteiger partial charge in [0.15, 0.2) is 0 Å². The van der Waals surface area contributed by atoms with Gasteiger partial charge in [0.1, 0.15) is 0 Å². The van der Waals surface area contributed by atoms with Crippen LogP contribution in [-0.4, -0.2) is 46.2 Å². The van der Waals surface area contributed by atoms with Gasteiger partial charge in [-0.05, 0) is 50.8 Å². The summed E-state index contributed by atoms with van der Waals surface area (Å²) in [5, 5.41) is 13.3. The average molecular weight is 386 g/mol. The molecule has 0 aromatic carbocycles. The van der Waals surface area contributed by atoms with Crippen LogP contribution in [0.2, 0.25) is 0 Å². The zero-order valence-corrected chi connectivity index (χ0v) is 16.8. The Morgan fingerprint density at radius 1 is 1.36 bits per heavy atom. The minimum atomic E-state index is -0.322. The van der Waals surface area contributed by atoms with Crippen molar-refractivity contribution >= 4 is 12.0 Å². The number of carbonyl (C=O) groups is 1. The summed E-state index contributed by atoms with van der Waals surface area (Å²) in [6.45, 7) is 6.07. The number of hydrogen-bond donors (Lipinski definition) is 2. The Kier molecular flexibility index (Phi) is 5.43. The molecular formula is C22H31N3O3. The van der Waals surface area contributed by atoms with E-state index in [0.29, 0.717) is 18.0 Å². The first-order valence-electron chi connectivity index (χ1n) is 10.6. The molecule has 1 aliphatic carbocycles. The molecular weight excluding hydrogens is 354 g/mol. The van der Waals surface area contributed by atoms with E-state index in [1.807, 2.05) is 35.8 Å². The van der Waals surface area contributed by atoms with Crippen molar-refractivity contribution in [1.29, 1.82) is 0 Å². The number of nitrogens with zero attached hydrogens (tertiary/aromatic N) is 2. The van der Waals surface area contributed by atoms with Crippen LogP contribution in [0.15, 0.2) is 23.0 Å². The molecule has 28 heavy (non-hydrogen) atoms. The van der Waals surface area contributed by atoms with Crippen LogP contribution >= 0.6 is 0 Å². The summed E-state index contributed by atoms with van der Waals surface area (Å²) in [5.41, 5.74) is 1.69. The van der Waals surface area contributed by atoms with Gasteiger partial charge in [0.2, 0.25) is 5.91 Å². The third-order valence-electron chi connectivity index (χ3n) is 6.58. The molecule has 0 bridgehead atoms. The Morgan fingerprint density at radius 3 is 2.79 bits per heavy atom. The van der Waals surface area contributed by atoms with Crippen molar-refractivity contribution in [3.63, 3.8) is 0 Å². The van der Waals surface area contributed by atoms with Gasteiger partial charge >= 0.3 is 0 Å². The van der Waals surface area contributed by atoms with Crippen LogP contribution in [0.3, 0.4) is 0 Å². The summed E-state index contributed by atoms with van der Waals surface area (Å²) < 4.78 is 1.86. The Hall–Kier alpha value is -1.92. The number of aliphatic hydroxyl groups excluding tert-OH is 1. The Bertz CT molecular complexity index is 827. The molecule has 4 rings (SSSR count). The first kappa shape index (κ1) is 19.4. The number of rotatable bonds is 7. The van der Waals surface area contributed by atoms with Gasteiger partial charge in [0, 0.05) is 42.8 Å². The zero-order chi connectivity index (χ0) is 19.8. The number of fused-ring (bicyclic) bond motifs is 3. The first-order valence-corrected chi connectivity index (χ1v) is 10.6. The second-order valence-electron chi connectivity index (χ2n) is 8.46. The van der Waals surface area contributed by atoms with Gasteiger partial charge in [-0.1, -0.05) is 19.1 Å². The van der Waals surface area contributed by atoms with Gasteiger partial charge < -0.3 is 15.0 Å². The number of aliphatic hydroxyl groups is 1. The van der Waals surface area contributed by atoms with E-state index in [9.17, 15) is 14.7 Å².